The average molecular weight is 291 g/mol. The number of nitrogens with one attached hydrogen (secondary N) is 1. The number of amides is 1. The van der Waals surface area contributed by atoms with Crippen LogP contribution in [0.5, 0.6) is 0 Å². The highest BCUT2D eigenvalue weighted by atomic mass is 16.5. The molecular formula is C16H25N3O2. The third-order valence-electron chi connectivity index (χ3n) is 4.08. The number of nitrogens with zero attached hydrogens (tertiary/aromatic N) is 1. The maximum atomic E-state index is 12.2. The Morgan fingerprint density at radius 1 is 1.38 bits per heavy atom. The van der Waals surface area contributed by atoms with Crippen molar-refractivity contribution in [3.05, 3.63) is 29.3 Å². The number of carbonyl (C=O) groups excluding carboxylic acids is 1. The number of hydrogen-bond donors (Lipinski definition) is 2. The number of anilines is 1. The molecule has 0 aromatic heterocycles. The quantitative estimate of drug-likeness (QED) is 0.823. The molecule has 1 aromatic rings. The van der Waals surface area contributed by atoms with Gasteiger partial charge >= 0.3 is 0 Å². The molecule has 116 valence electrons. The Morgan fingerprint density at radius 3 is 2.67 bits per heavy atom. The third kappa shape index (κ3) is 3.95. The van der Waals surface area contributed by atoms with Crippen molar-refractivity contribution in [2.75, 3.05) is 38.6 Å². The van der Waals surface area contributed by atoms with E-state index in [4.69, 9.17) is 10.5 Å². The molecule has 0 radical (unpaired) electrons. The zero-order valence-corrected chi connectivity index (χ0v) is 13.1. The van der Waals surface area contributed by atoms with Crippen LogP contribution in [0.1, 0.15) is 29.8 Å². The first-order chi connectivity index (χ1) is 9.90. The maximum absolute atomic E-state index is 12.2. The maximum Gasteiger partial charge on any atom is 0.251 e. The van der Waals surface area contributed by atoms with Gasteiger partial charge in [-0.25, -0.2) is 0 Å². The standard InChI is InChI=1S/C16H25N3O2/c1-12-10-13(4-5-14(12)17)15(20)18-11-16(2,3)19-6-8-21-9-7-19/h4-5,10H,6-9,11,17H2,1-3H3,(H,18,20). The van der Waals surface area contributed by atoms with Gasteiger partial charge < -0.3 is 15.8 Å². The molecule has 5 heteroatoms. The van der Waals surface area contributed by atoms with Crippen LogP contribution in [0.4, 0.5) is 5.69 Å². The Bertz CT molecular complexity index is 508. The molecule has 0 unspecified atom stereocenters. The minimum Gasteiger partial charge on any atom is -0.399 e. The summed E-state index contributed by atoms with van der Waals surface area (Å²) in [6.07, 6.45) is 0. The summed E-state index contributed by atoms with van der Waals surface area (Å²) < 4.78 is 5.37. The minimum atomic E-state index is -0.0811. The van der Waals surface area contributed by atoms with Gasteiger partial charge in [0.2, 0.25) is 0 Å². The van der Waals surface area contributed by atoms with Crippen LogP contribution in [0.25, 0.3) is 0 Å². The first-order valence-electron chi connectivity index (χ1n) is 7.37. The lowest BCUT2D eigenvalue weighted by molar-refractivity contribution is -0.00923. The predicted octanol–water partition coefficient (Wildman–Crippen LogP) is 1.42. The van der Waals surface area contributed by atoms with Crippen LogP contribution in [0.2, 0.25) is 0 Å². The molecule has 1 aliphatic rings. The van der Waals surface area contributed by atoms with Crippen molar-refractivity contribution >= 4 is 11.6 Å². The van der Waals surface area contributed by atoms with Gasteiger partial charge in [-0.3, -0.25) is 9.69 Å². The second kappa shape index (κ2) is 6.45. The zero-order chi connectivity index (χ0) is 15.5. The van der Waals surface area contributed by atoms with E-state index in [1.807, 2.05) is 13.0 Å². The topological polar surface area (TPSA) is 67.6 Å². The van der Waals surface area contributed by atoms with Crippen LogP contribution in [0.3, 0.4) is 0 Å². The van der Waals surface area contributed by atoms with Crippen molar-refractivity contribution in [3.63, 3.8) is 0 Å². The summed E-state index contributed by atoms with van der Waals surface area (Å²) >= 11 is 0. The summed E-state index contributed by atoms with van der Waals surface area (Å²) in [4.78, 5) is 14.6. The molecule has 5 nitrogen and oxygen atoms in total. The van der Waals surface area contributed by atoms with E-state index in [1.54, 1.807) is 12.1 Å². The molecule has 0 bridgehead atoms. The molecule has 3 N–H and O–H groups in total. The molecule has 2 rings (SSSR count). The monoisotopic (exact) mass is 291 g/mol. The van der Waals surface area contributed by atoms with Gasteiger partial charge in [0.1, 0.15) is 0 Å². The normalized spacial score (nSPS) is 16.7. The lowest BCUT2D eigenvalue weighted by atomic mass is 10.0. The van der Waals surface area contributed by atoms with Crippen molar-refractivity contribution in [3.8, 4) is 0 Å². The summed E-state index contributed by atoms with van der Waals surface area (Å²) in [7, 11) is 0. The lowest BCUT2D eigenvalue weighted by Crippen LogP contribution is -2.55. The van der Waals surface area contributed by atoms with Crippen molar-refractivity contribution in [1.29, 1.82) is 0 Å². The first kappa shape index (κ1) is 15.8. The molecule has 1 saturated heterocycles. The van der Waals surface area contributed by atoms with Crippen LogP contribution in [0.15, 0.2) is 18.2 Å². The number of carbonyl (C=O) groups is 1. The number of rotatable bonds is 4. The van der Waals surface area contributed by atoms with Gasteiger partial charge in [-0.15, -0.1) is 0 Å². The highest BCUT2D eigenvalue weighted by Gasteiger charge is 2.28. The van der Waals surface area contributed by atoms with Crippen molar-refractivity contribution in [2.24, 2.45) is 0 Å². The van der Waals surface area contributed by atoms with Crippen LogP contribution < -0.4 is 11.1 Å². The Labute approximate surface area is 126 Å². The summed E-state index contributed by atoms with van der Waals surface area (Å²) in [6.45, 7) is 10.1. The van der Waals surface area contributed by atoms with Crippen LogP contribution in [-0.4, -0.2) is 49.2 Å². The molecule has 1 heterocycles. The average Bonchev–Trinajstić information content (AvgIpc) is 2.48. The molecule has 1 aromatic carbocycles. The molecule has 1 amide bonds. The van der Waals surface area contributed by atoms with Gasteiger partial charge in [0.25, 0.3) is 5.91 Å². The Morgan fingerprint density at radius 2 is 2.05 bits per heavy atom. The van der Waals surface area contributed by atoms with Crippen LogP contribution in [-0.2, 0) is 4.74 Å². The van der Waals surface area contributed by atoms with Crippen molar-refractivity contribution in [2.45, 2.75) is 26.3 Å². The summed E-state index contributed by atoms with van der Waals surface area (Å²) in [5.41, 5.74) is 7.99. The fourth-order valence-corrected chi connectivity index (χ4v) is 2.50. The van der Waals surface area contributed by atoms with Gasteiger partial charge in [-0.2, -0.15) is 0 Å². The number of hydrogen-bond acceptors (Lipinski definition) is 4. The highest BCUT2D eigenvalue weighted by Crippen LogP contribution is 2.16. The molecule has 1 fully saturated rings. The van der Waals surface area contributed by atoms with Gasteiger partial charge in [0.05, 0.1) is 13.2 Å². The van der Waals surface area contributed by atoms with E-state index in [2.05, 4.69) is 24.1 Å². The number of morpholine rings is 1. The lowest BCUT2D eigenvalue weighted by Gasteiger charge is -2.40. The van der Waals surface area contributed by atoms with Gasteiger partial charge in [0.15, 0.2) is 0 Å². The summed E-state index contributed by atoms with van der Waals surface area (Å²) in [6, 6.07) is 5.36. The summed E-state index contributed by atoms with van der Waals surface area (Å²) in [5, 5.41) is 3.02. The second-order valence-electron chi connectivity index (χ2n) is 6.17. The predicted molar refractivity (Wildman–Crippen MR) is 84.4 cm³/mol. The Hall–Kier alpha value is -1.59. The molecule has 0 saturated carbocycles. The number of nitrogens with two attached hydrogens (primary N) is 1. The fraction of sp³-hybridized carbons (Fsp3) is 0.562. The van der Waals surface area contributed by atoms with E-state index >= 15 is 0 Å². The van der Waals surface area contributed by atoms with Crippen LogP contribution in [0, 0.1) is 6.92 Å². The molecule has 0 atom stereocenters. The van der Waals surface area contributed by atoms with E-state index in [-0.39, 0.29) is 11.4 Å². The number of nitrogen functional groups attached to an aromatic ring is 1. The van der Waals surface area contributed by atoms with Gasteiger partial charge in [0, 0.05) is 36.4 Å². The SMILES string of the molecule is Cc1cc(C(=O)NCC(C)(C)N2CCOCC2)ccc1N. The molecule has 1 aliphatic heterocycles. The minimum absolute atomic E-state index is 0.0561. The van der Waals surface area contributed by atoms with E-state index in [0.29, 0.717) is 17.8 Å². The Balaban J connectivity index is 1.94. The molecule has 0 spiro atoms. The third-order valence-corrected chi connectivity index (χ3v) is 4.08. The largest absolute Gasteiger partial charge is 0.399 e. The highest BCUT2D eigenvalue weighted by molar-refractivity contribution is 5.94. The number of benzene rings is 1. The van der Waals surface area contributed by atoms with Crippen molar-refractivity contribution < 1.29 is 9.53 Å². The van der Waals surface area contributed by atoms with Gasteiger partial charge in [-0.05, 0) is 44.5 Å². The Kier molecular flexibility index (Phi) is 4.85. The van der Waals surface area contributed by atoms with Gasteiger partial charge in [-0.1, -0.05) is 0 Å². The smallest absolute Gasteiger partial charge is 0.251 e. The van der Waals surface area contributed by atoms with Crippen molar-refractivity contribution in [1.82, 2.24) is 10.2 Å². The van der Waals surface area contributed by atoms with E-state index in [1.165, 1.54) is 0 Å². The van der Waals surface area contributed by atoms with E-state index in [9.17, 15) is 4.79 Å². The summed E-state index contributed by atoms with van der Waals surface area (Å²) in [5.74, 6) is -0.0561. The molecule has 0 aliphatic carbocycles. The first-order valence-corrected chi connectivity index (χ1v) is 7.37. The molecule has 21 heavy (non-hydrogen) atoms. The zero-order valence-electron chi connectivity index (χ0n) is 13.1. The number of aryl methyl sites for hydroxylation is 1. The fourth-order valence-electron chi connectivity index (χ4n) is 2.50. The number of ether oxygens (including phenoxy) is 1. The van der Waals surface area contributed by atoms with Crippen LogP contribution >= 0.6 is 0 Å². The van der Waals surface area contributed by atoms with E-state index < -0.39 is 0 Å². The van der Waals surface area contributed by atoms with E-state index in [0.717, 1.165) is 31.9 Å². The second-order valence-corrected chi connectivity index (χ2v) is 6.17. The molecular weight excluding hydrogens is 266 g/mol.